The third kappa shape index (κ3) is 3.96. The van der Waals surface area contributed by atoms with Gasteiger partial charge in [0.25, 0.3) is 5.91 Å². The van der Waals surface area contributed by atoms with Crippen molar-refractivity contribution >= 4 is 5.91 Å². The predicted molar refractivity (Wildman–Crippen MR) is 101 cm³/mol. The van der Waals surface area contributed by atoms with E-state index in [4.69, 9.17) is 4.74 Å². The van der Waals surface area contributed by atoms with Crippen molar-refractivity contribution in [3.05, 3.63) is 34.6 Å². The highest BCUT2D eigenvalue weighted by atomic mass is 16.5. The minimum Gasteiger partial charge on any atom is -0.384 e. The van der Waals surface area contributed by atoms with E-state index in [1.165, 1.54) is 6.42 Å². The van der Waals surface area contributed by atoms with Crippen molar-refractivity contribution in [3.63, 3.8) is 0 Å². The average molecular weight is 356 g/mol. The molecule has 1 N–H and O–H groups in total. The third-order valence-electron chi connectivity index (χ3n) is 5.02. The molecule has 0 atom stereocenters. The van der Waals surface area contributed by atoms with Crippen molar-refractivity contribution in [2.24, 2.45) is 0 Å². The van der Waals surface area contributed by atoms with Crippen LogP contribution in [-0.4, -0.2) is 52.8 Å². The number of carbonyl (C=O) groups is 1. The molecule has 0 radical (unpaired) electrons. The zero-order valence-electron chi connectivity index (χ0n) is 16.0. The number of likely N-dealkylation sites (tertiary alicyclic amines) is 1. The van der Waals surface area contributed by atoms with Crippen LogP contribution in [0.4, 0.5) is 0 Å². The summed E-state index contributed by atoms with van der Waals surface area (Å²) < 4.78 is 5.09. The molecule has 1 aliphatic heterocycles. The molecule has 0 bridgehead atoms. The van der Waals surface area contributed by atoms with Crippen LogP contribution in [0.2, 0.25) is 0 Å². The van der Waals surface area contributed by atoms with Gasteiger partial charge < -0.3 is 9.64 Å². The maximum atomic E-state index is 13.1. The number of aromatic amines is 1. The smallest absolute Gasteiger partial charge is 0.254 e. The molecule has 1 aromatic carbocycles. The molecule has 26 heavy (non-hydrogen) atoms. The second-order valence-electron chi connectivity index (χ2n) is 6.88. The van der Waals surface area contributed by atoms with E-state index >= 15 is 0 Å². The highest BCUT2D eigenvalue weighted by molar-refractivity contribution is 5.97. The highest BCUT2D eigenvalue weighted by Gasteiger charge is 2.22. The maximum absolute atomic E-state index is 13.1. The van der Waals surface area contributed by atoms with Crippen LogP contribution in [0.25, 0.3) is 11.4 Å². The fraction of sp³-hybridized carbons (Fsp3) is 0.550. The molecule has 1 aromatic heterocycles. The Kier molecular flexibility index (Phi) is 6.04. The Hall–Kier alpha value is -2.21. The van der Waals surface area contributed by atoms with E-state index < -0.39 is 0 Å². The number of piperidine rings is 1. The fourth-order valence-corrected chi connectivity index (χ4v) is 3.49. The van der Waals surface area contributed by atoms with E-state index in [2.05, 4.69) is 35.1 Å². The summed E-state index contributed by atoms with van der Waals surface area (Å²) in [6.45, 7) is 6.45. The molecule has 6 heteroatoms. The van der Waals surface area contributed by atoms with Crippen LogP contribution in [-0.2, 0) is 17.6 Å². The number of aromatic nitrogens is 3. The standard InChI is InChI=1S/C20H28N4O2/c1-4-15-12-14(2)16(19-21-18(22-23-19)8-11-26-3)13-17(15)20(25)24-9-6-5-7-10-24/h12-13H,4-11H2,1-3H3,(H,21,22,23). The minimum absolute atomic E-state index is 0.137. The van der Waals surface area contributed by atoms with Gasteiger partial charge in [0.05, 0.1) is 6.61 Å². The van der Waals surface area contributed by atoms with E-state index in [9.17, 15) is 4.79 Å². The molecular formula is C20H28N4O2. The van der Waals surface area contributed by atoms with Crippen LogP contribution < -0.4 is 0 Å². The molecule has 3 rings (SSSR count). The molecule has 1 aliphatic rings. The first-order chi connectivity index (χ1) is 12.6. The van der Waals surface area contributed by atoms with Crippen molar-refractivity contribution < 1.29 is 9.53 Å². The van der Waals surface area contributed by atoms with Gasteiger partial charge in [-0.05, 0) is 49.8 Å². The first kappa shape index (κ1) is 18.6. The van der Waals surface area contributed by atoms with Crippen molar-refractivity contribution in [2.45, 2.75) is 46.0 Å². The van der Waals surface area contributed by atoms with Gasteiger partial charge in [0.15, 0.2) is 5.82 Å². The molecule has 0 unspecified atom stereocenters. The van der Waals surface area contributed by atoms with Gasteiger partial charge in [0.2, 0.25) is 0 Å². The summed E-state index contributed by atoms with van der Waals surface area (Å²) in [6, 6.07) is 4.09. The van der Waals surface area contributed by atoms with Crippen LogP contribution >= 0.6 is 0 Å². The summed E-state index contributed by atoms with van der Waals surface area (Å²) in [7, 11) is 1.67. The molecule has 1 saturated heterocycles. The summed E-state index contributed by atoms with van der Waals surface area (Å²) in [5.74, 6) is 1.58. The van der Waals surface area contributed by atoms with E-state index in [-0.39, 0.29) is 5.91 Å². The first-order valence-corrected chi connectivity index (χ1v) is 9.47. The Balaban J connectivity index is 1.93. The van der Waals surface area contributed by atoms with E-state index in [0.29, 0.717) is 18.9 Å². The number of rotatable bonds is 6. The molecule has 140 valence electrons. The number of carbonyl (C=O) groups excluding carboxylic acids is 1. The summed E-state index contributed by atoms with van der Waals surface area (Å²) in [5, 5.41) is 7.32. The highest BCUT2D eigenvalue weighted by Crippen LogP contribution is 2.26. The lowest BCUT2D eigenvalue weighted by molar-refractivity contribution is 0.0723. The van der Waals surface area contributed by atoms with E-state index in [1.807, 2.05) is 11.0 Å². The quantitative estimate of drug-likeness (QED) is 0.863. The van der Waals surface area contributed by atoms with Gasteiger partial charge in [-0.25, -0.2) is 4.98 Å². The molecule has 1 fully saturated rings. The largest absolute Gasteiger partial charge is 0.384 e. The van der Waals surface area contributed by atoms with Gasteiger partial charge in [0, 0.05) is 37.7 Å². The molecule has 0 saturated carbocycles. The molecule has 2 aromatic rings. The number of H-pyrrole nitrogens is 1. The molecule has 1 amide bonds. The van der Waals surface area contributed by atoms with Crippen LogP contribution in [0, 0.1) is 6.92 Å². The van der Waals surface area contributed by atoms with E-state index in [1.54, 1.807) is 7.11 Å². The Morgan fingerprint density at radius 2 is 2.04 bits per heavy atom. The second kappa shape index (κ2) is 8.45. The van der Waals surface area contributed by atoms with Crippen LogP contribution in [0.1, 0.15) is 53.5 Å². The van der Waals surface area contributed by atoms with Gasteiger partial charge in [-0.15, -0.1) is 0 Å². The number of nitrogens with one attached hydrogen (secondary N) is 1. The average Bonchev–Trinajstić information content (AvgIpc) is 3.14. The number of methoxy groups -OCH3 is 1. The fourth-order valence-electron chi connectivity index (χ4n) is 3.49. The number of hydrogen-bond acceptors (Lipinski definition) is 4. The normalized spacial score (nSPS) is 14.7. The monoisotopic (exact) mass is 356 g/mol. The Bertz CT molecular complexity index is 763. The molecule has 2 heterocycles. The Morgan fingerprint density at radius 1 is 1.27 bits per heavy atom. The Morgan fingerprint density at radius 3 is 2.73 bits per heavy atom. The number of nitrogens with zero attached hydrogens (tertiary/aromatic N) is 3. The number of amides is 1. The zero-order valence-corrected chi connectivity index (χ0v) is 16.0. The SMILES string of the molecule is CCc1cc(C)c(-c2n[nH]c(CCOC)n2)cc1C(=O)N1CCCCC1. The lowest BCUT2D eigenvalue weighted by atomic mass is 9.95. The van der Waals surface area contributed by atoms with Crippen LogP contribution in [0.3, 0.4) is 0 Å². The van der Waals surface area contributed by atoms with Gasteiger partial charge >= 0.3 is 0 Å². The van der Waals surface area contributed by atoms with Crippen molar-refractivity contribution in [1.82, 2.24) is 20.1 Å². The van der Waals surface area contributed by atoms with Crippen LogP contribution in [0.15, 0.2) is 12.1 Å². The van der Waals surface area contributed by atoms with Crippen molar-refractivity contribution in [2.75, 3.05) is 26.8 Å². The molecular weight excluding hydrogens is 328 g/mol. The van der Waals surface area contributed by atoms with Gasteiger partial charge in [0.1, 0.15) is 5.82 Å². The predicted octanol–water partition coefficient (Wildman–Crippen LogP) is 3.16. The molecule has 0 aliphatic carbocycles. The zero-order chi connectivity index (χ0) is 18.5. The summed E-state index contributed by atoms with van der Waals surface area (Å²) in [6.07, 6.45) is 4.93. The van der Waals surface area contributed by atoms with Crippen molar-refractivity contribution in [1.29, 1.82) is 0 Å². The number of benzene rings is 1. The summed E-state index contributed by atoms with van der Waals surface area (Å²) in [4.78, 5) is 19.6. The summed E-state index contributed by atoms with van der Waals surface area (Å²) in [5.41, 5.74) is 3.90. The minimum atomic E-state index is 0.137. The number of aryl methyl sites for hydroxylation is 2. The van der Waals surface area contributed by atoms with E-state index in [0.717, 1.165) is 60.4 Å². The maximum Gasteiger partial charge on any atom is 0.254 e. The Labute approximate surface area is 155 Å². The van der Waals surface area contributed by atoms with Gasteiger partial charge in [-0.1, -0.05) is 13.0 Å². The first-order valence-electron chi connectivity index (χ1n) is 9.47. The number of ether oxygens (including phenoxy) is 1. The topological polar surface area (TPSA) is 71.1 Å². The lowest BCUT2D eigenvalue weighted by Gasteiger charge is -2.27. The van der Waals surface area contributed by atoms with Gasteiger partial charge in [-0.2, -0.15) is 5.10 Å². The lowest BCUT2D eigenvalue weighted by Crippen LogP contribution is -2.36. The van der Waals surface area contributed by atoms with Gasteiger partial charge in [-0.3, -0.25) is 9.89 Å². The second-order valence-corrected chi connectivity index (χ2v) is 6.88. The van der Waals surface area contributed by atoms with Crippen molar-refractivity contribution in [3.8, 4) is 11.4 Å². The number of hydrogen-bond donors (Lipinski definition) is 1. The third-order valence-corrected chi connectivity index (χ3v) is 5.02. The molecule has 0 spiro atoms. The summed E-state index contributed by atoms with van der Waals surface area (Å²) >= 11 is 0. The van der Waals surface area contributed by atoms with Crippen LogP contribution in [0.5, 0.6) is 0 Å². The molecule has 6 nitrogen and oxygen atoms in total.